The number of nitrogens with zero attached hydrogens (tertiary/aromatic N) is 3. The molecule has 0 aliphatic carbocycles. The van der Waals surface area contributed by atoms with Crippen molar-refractivity contribution in [2.24, 2.45) is 0 Å². The van der Waals surface area contributed by atoms with Crippen LogP contribution in [-0.2, 0) is 12.4 Å². The molecule has 2 aliphatic rings. The molecule has 0 saturated carbocycles. The molecule has 4 rings (SSSR count). The fraction of sp³-hybridized carbons (Fsp3) is 0.519. The van der Waals surface area contributed by atoms with Crippen LogP contribution in [0.5, 0.6) is 0 Å². The Balaban J connectivity index is 1.49. The summed E-state index contributed by atoms with van der Waals surface area (Å²) in [4.78, 5) is 19.1. The van der Waals surface area contributed by atoms with Crippen LogP contribution >= 0.6 is 35.0 Å². The molecule has 0 radical (unpaired) electrons. The predicted molar refractivity (Wildman–Crippen MR) is 146 cm³/mol. The van der Waals surface area contributed by atoms with Gasteiger partial charge < -0.3 is 9.80 Å². The lowest BCUT2D eigenvalue weighted by Gasteiger charge is -2.47. The summed E-state index contributed by atoms with van der Waals surface area (Å²) >= 11 is 14.3. The normalized spacial score (nSPS) is 18.4. The lowest BCUT2D eigenvalue weighted by Crippen LogP contribution is -2.61. The molecule has 1 atom stereocenters. The quantitative estimate of drug-likeness (QED) is 0.294. The Hall–Kier alpha value is -1.66. The number of amides is 1. The van der Waals surface area contributed by atoms with Crippen molar-refractivity contribution >= 4 is 40.9 Å². The Labute approximate surface area is 243 Å². The zero-order chi connectivity index (χ0) is 29.2. The molecule has 0 unspecified atom stereocenters. The van der Waals surface area contributed by atoms with E-state index < -0.39 is 35.0 Å². The summed E-state index contributed by atoms with van der Waals surface area (Å²) in [6.45, 7) is 4.79. The average Bonchev–Trinajstić information content (AvgIpc) is 2.87. The van der Waals surface area contributed by atoms with Crippen LogP contribution in [0.3, 0.4) is 0 Å². The minimum Gasteiger partial charge on any atom is -0.341 e. The van der Waals surface area contributed by atoms with Crippen molar-refractivity contribution < 1.29 is 31.1 Å². The topological polar surface area (TPSA) is 26.8 Å². The van der Waals surface area contributed by atoms with Gasteiger partial charge in [-0.2, -0.15) is 38.1 Å². The summed E-state index contributed by atoms with van der Waals surface area (Å²) in [6.07, 6.45) is -9.48. The highest BCUT2D eigenvalue weighted by Gasteiger charge is 2.38. The maximum Gasteiger partial charge on any atom is 0.416 e. The zero-order valence-electron chi connectivity index (χ0n) is 21.7. The second-order valence-electron chi connectivity index (χ2n) is 10.2. The summed E-state index contributed by atoms with van der Waals surface area (Å²) in [5, 5.41) is 0.667. The van der Waals surface area contributed by atoms with Crippen LogP contribution < -0.4 is 0 Å². The molecule has 13 heteroatoms. The van der Waals surface area contributed by atoms with E-state index in [0.717, 1.165) is 48.1 Å². The van der Waals surface area contributed by atoms with Gasteiger partial charge in [-0.1, -0.05) is 29.3 Å². The van der Waals surface area contributed by atoms with Gasteiger partial charge in [0.05, 0.1) is 21.2 Å². The number of alkyl halides is 6. The van der Waals surface area contributed by atoms with E-state index >= 15 is 0 Å². The second kappa shape index (κ2) is 12.7. The van der Waals surface area contributed by atoms with Crippen LogP contribution in [0.15, 0.2) is 36.4 Å². The molecule has 2 saturated heterocycles. The van der Waals surface area contributed by atoms with E-state index in [2.05, 4.69) is 9.80 Å². The molecule has 0 spiro atoms. The number of likely N-dealkylation sites (tertiary alicyclic amines) is 1. The van der Waals surface area contributed by atoms with Gasteiger partial charge in [0.25, 0.3) is 5.91 Å². The molecule has 0 aromatic heterocycles. The molecular weight excluding hydrogens is 599 g/mol. The van der Waals surface area contributed by atoms with Gasteiger partial charge in [-0.25, -0.2) is 0 Å². The monoisotopic (exact) mass is 627 g/mol. The molecule has 0 bridgehead atoms. The van der Waals surface area contributed by atoms with Gasteiger partial charge in [-0.3, -0.25) is 9.69 Å². The second-order valence-corrected chi connectivity index (χ2v) is 12.2. The Morgan fingerprint density at radius 3 is 2.12 bits per heavy atom. The van der Waals surface area contributed by atoms with Gasteiger partial charge in [0.15, 0.2) is 0 Å². The number of carbonyl (C=O) groups excluding carboxylic acids is 1. The molecule has 4 nitrogen and oxygen atoms in total. The summed E-state index contributed by atoms with van der Waals surface area (Å²) in [5.41, 5.74) is -2.96. The first-order chi connectivity index (χ1) is 18.7. The number of hydrogen-bond acceptors (Lipinski definition) is 4. The molecule has 220 valence electrons. The fourth-order valence-electron chi connectivity index (χ4n) is 5.08. The number of hydrogen-bond donors (Lipinski definition) is 0. The maximum atomic E-state index is 13.3. The summed E-state index contributed by atoms with van der Waals surface area (Å²) < 4.78 is 80.0. The number of thioether (sulfide) groups is 1. The Morgan fingerprint density at radius 1 is 0.975 bits per heavy atom. The Morgan fingerprint density at radius 2 is 1.57 bits per heavy atom. The van der Waals surface area contributed by atoms with E-state index in [4.69, 9.17) is 23.2 Å². The molecule has 2 fully saturated rings. The van der Waals surface area contributed by atoms with Gasteiger partial charge >= 0.3 is 12.4 Å². The number of halogens is 8. The SMILES string of the molecule is CN(C[C@@H](CCN1CC(N2CCSCC2)C1)c1ccc(Cl)c(Cl)c1)C(=O)c1cc(C(F)(F)F)cc(C(F)(F)F)c1. The van der Waals surface area contributed by atoms with Crippen molar-refractivity contribution in [1.82, 2.24) is 14.7 Å². The standard InChI is InChI=1S/C27H29Cl2F6N3OS/c1-36(25(39)19-10-20(26(30,31)32)13-21(11-19)27(33,34)35)14-18(17-2-3-23(28)24(29)12-17)4-5-37-15-22(16-37)38-6-8-40-9-7-38/h2-3,10-13,18,22H,4-9,14-16H2,1H3/t18-/m1/s1. The highest BCUT2D eigenvalue weighted by Crippen LogP contribution is 2.37. The zero-order valence-corrected chi connectivity index (χ0v) is 24.0. The van der Waals surface area contributed by atoms with E-state index in [0.29, 0.717) is 41.2 Å². The molecule has 40 heavy (non-hydrogen) atoms. The minimum absolute atomic E-state index is 0.0123. The third-order valence-electron chi connectivity index (χ3n) is 7.38. The van der Waals surface area contributed by atoms with Crippen LogP contribution in [0.4, 0.5) is 26.3 Å². The number of carbonyl (C=O) groups is 1. The average molecular weight is 629 g/mol. The van der Waals surface area contributed by atoms with E-state index in [1.807, 2.05) is 11.8 Å². The fourth-order valence-corrected chi connectivity index (χ4v) is 6.32. The largest absolute Gasteiger partial charge is 0.416 e. The molecule has 2 aromatic rings. The lowest BCUT2D eigenvalue weighted by atomic mass is 9.93. The smallest absolute Gasteiger partial charge is 0.341 e. The van der Waals surface area contributed by atoms with Gasteiger partial charge in [0, 0.05) is 68.8 Å². The Bertz CT molecular complexity index is 1170. The molecule has 2 aliphatic heterocycles. The van der Waals surface area contributed by atoms with E-state index in [-0.39, 0.29) is 18.5 Å². The van der Waals surface area contributed by atoms with E-state index in [9.17, 15) is 31.1 Å². The van der Waals surface area contributed by atoms with Gasteiger partial charge in [-0.05, 0) is 48.9 Å². The van der Waals surface area contributed by atoms with E-state index in [1.54, 1.807) is 18.2 Å². The summed E-state index contributed by atoms with van der Waals surface area (Å²) in [7, 11) is 1.37. The maximum absolute atomic E-state index is 13.3. The Kier molecular flexibility index (Phi) is 9.92. The molecule has 1 amide bonds. The first-order valence-electron chi connectivity index (χ1n) is 12.8. The number of rotatable bonds is 8. The first kappa shape index (κ1) is 31.3. The molecular formula is C27H29Cl2F6N3OS. The van der Waals surface area contributed by atoms with Crippen molar-refractivity contribution in [3.05, 3.63) is 68.7 Å². The lowest BCUT2D eigenvalue weighted by molar-refractivity contribution is -0.143. The van der Waals surface area contributed by atoms with Crippen LogP contribution in [0, 0.1) is 0 Å². The summed E-state index contributed by atoms with van der Waals surface area (Å²) in [6, 6.07) is 6.53. The van der Waals surface area contributed by atoms with Crippen LogP contribution in [0.2, 0.25) is 10.0 Å². The van der Waals surface area contributed by atoms with Crippen molar-refractivity contribution in [3.63, 3.8) is 0 Å². The van der Waals surface area contributed by atoms with Crippen LogP contribution in [-0.4, -0.2) is 84.5 Å². The van der Waals surface area contributed by atoms with Gasteiger partial charge in [-0.15, -0.1) is 0 Å². The van der Waals surface area contributed by atoms with Crippen LogP contribution in [0.1, 0.15) is 39.4 Å². The molecule has 2 heterocycles. The highest BCUT2D eigenvalue weighted by molar-refractivity contribution is 7.99. The first-order valence-corrected chi connectivity index (χ1v) is 14.7. The van der Waals surface area contributed by atoms with Crippen molar-refractivity contribution in [2.75, 3.05) is 57.8 Å². The highest BCUT2D eigenvalue weighted by atomic mass is 35.5. The minimum atomic E-state index is -5.04. The van der Waals surface area contributed by atoms with Gasteiger partial charge in [0.1, 0.15) is 0 Å². The number of likely N-dealkylation sites (N-methyl/N-ethyl adjacent to an activating group) is 1. The van der Waals surface area contributed by atoms with Gasteiger partial charge in [0.2, 0.25) is 0 Å². The van der Waals surface area contributed by atoms with Crippen molar-refractivity contribution in [2.45, 2.75) is 30.7 Å². The summed E-state index contributed by atoms with van der Waals surface area (Å²) in [5.74, 6) is 1.05. The number of benzene rings is 2. The molecule has 0 N–H and O–H groups in total. The van der Waals surface area contributed by atoms with Crippen LogP contribution in [0.25, 0.3) is 0 Å². The predicted octanol–water partition coefficient (Wildman–Crippen LogP) is 7.01. The van der Waals surface area contributed by atoms with Crippen molar-refractivity contribution in [3.8, 4) is 0 Å². The van der Waals surface area contributed by atoms with E-state index in [1.165, 1.54) is 7.05 Å². The molecule has 2 aromatic carbocycles. The third-order valence-corrected chi connectivity index (χ3v) is 9.07. The van der Waals surface area contributed by atoms with Crippen molar-refractivity contribution in [1.29, 1.82) is 0 Å². The third kappa shape index (κ3) is 7.79.